The van der Waals surface area contributed by atoms with Crippen molar-refractivity contribution in [3.63, 3.8) is 0 Å². The fourth-order valence-corrected chi connectivity index (χ4v) is 1.94. The van der Waals surface area contributed by atoms with Crippen LogP contribution in [-0.4, -0.2) is 11.7 Å². The minimum absolute atomic E-state index is 0.319. The molecule has 0 aromatic heterocycles. The van der Waals surface area contributed by atoms with E-state index < -0.39 is 0 Å². The zero-order valence-corrected chi connectivity index (χ0v) is 9.28. The Kier molecular flexibility index (Phi) is 3.79. The molecule has 1 saturated carbocycles. The highest BCUT2D eigenvalue weighted by atomic mass is 16.2. The van der Waals surface area contributed by atoms with Gasteiger partial charge in [0.15, 0.2) is 0 Å². The van der Waals surface area contributed by atoms with Crippen LogP contribution in [0.5, 0.6) is 0 Å². The summed E-state index contributed by atoms with van der Waals surface area (Å²) in [7, 11) is 0. The summed E-state index contributed by atoms with van der Waals surface area (Å²) in [5.74, 6) is 0.977. The summed E-state index contributed by atoms with van der Waals surface area (Å²) in [6.45, 7) is 0.319. The number of hydrogen-bond acceptors (Lipinski definition) is 1. The monoisotopic (exact) mass is 204 g/mol. The van der Waals surface area contributed by atoms with Gasteiger partial charge in [-0.15, -0.1) is 0 Å². The molecular formula is C14H20O. The first kappa shape index (κ1) is 10.7. The van der Waals surface area contributed by atoms with Gasteiger partial charge < -0.3 is 5.11 Å². The number of unbranched alkanes of at least 4 members (excludes halogenated alkanes) is 1. The molecule has 1 heteroatoms. The summed E-state index contributed by atoms with van der Waals surface area (Å²) < 4.78 is 0. The molecule has 1 fully saturated rings. The lowest BCUT2D eigenvalue weighted by atomic mass is 10.0. The maximum absolute atomic E-state index is 8.69. The molecule has 0 unspecified atom stereocenters. The number of rotatable bonds is 6. The summed E-state index contributed by atoms with van der Waals surface area (Å²) in [5, 5.41) is 8.69. The molecule has 0 heterocycles. The van der Waals surface area contributed by atoms with Gasteiger partial charge >= 0.3 is 0 Å². The van der Waals surface area contributed by atoms with Crippen LogP contribution in [0.1, 0.15) is 36.8 Å². The molecular weight excluding hydrogens is 184 g/mol. The first-order valence-corrected chi connectivity index (χ1v) is 6.07. The van der Waals surface area contributed by atoms with Crippen molar-refractivity contribution in [3.8, 4) is 0 Å². The molecule has 15 heavy (non-hydrogen) atoms. The summed E-state index contributed by atoms with van der Waals surface area (Å²) in [6, 6.07) is 9.03. The number of aliphatic hydroxyl groups is 1. The van der Waals surface area contributed by atoms with Gasteiger partial charge in [0.2, 0.25) is 0 Å². The van der Waals surface area contributed by atoms with E-state index in [9.17, 15) is 0 Å². The van der Waals surface area contributed by atoms with E-state index in [1.54, 1.807) is 0 Å². The Morgan fingerprint density at radius 2 is 1.67 bits per heavy atom. The van der Waals surface area contributed by atoms with E-state index in [2.05, 4.69) is 24.3 Å². The lowest BCUT2D eigenvalue weighted by Crippen LogP contribution is -1.91. The van der Waals surface area contributed by atoms with Crippen LogP contribution in [0.15, 0.2) is 24.3 Å². The first-order valence-electron chi connectivity index (χ1n) is 6.07. The molecule has 1 nitrogen and oxygen atoms in total. The fraction of sp³-hybridized carbons (Fsp3) is 0.571. The fourth-order valence-electron chi connectivity index (χ4n) is 1.94. The molecule has 0 amide bonds. The first-order chi connectivity index (χ1) is 7.38. The van der Waals surface area contributed by atoms with Crippen LogP contribution in [0.3, 0.4) is 0 Å². The maximum Gasteiger partial charge on any atom is 0.0431 e. The van der Waals surface area contributed by atoms with Crippen LogP contribution >= 0.6 is 0 Å². The molecule has 0 radical (unpaired) electrons. The standard InChI is InChI=1S/C14H20O/c15-10-2-1-3-12-4-6-13(7-5-12)11-14-8-9-14/h4-7,14-15H,1-3,8-11H2. The molecule has 0 saturated heterocycles. The van der Waals surface area contributed by atoms with Crippen LogP contribution in [0.2, 0.25) is 0 Å². The molecule has 82 valence electrons. The summed E-state index contributed by atoms with van der Waals surface area (Å²) in [6.07, 6.45) is 7.25. The van der Waals surface area contributed by atoms with Gasteiger partial charge in [0.25, 0.3) is 0 Å². The largest absolute Gasteiger partial charge is 0.396 e. The number of aliphatic hydroxyl groups excluding tert-OH is 1. The van der Waals surface area contributed by atoms with Gasteiger partial charge in [-0.1, -0.05) is 24.3 Å². The summed E-state index contributed by atoms with van der Waals surface area (Å²) in [5.41, 5.74) is 2.89. The van der Waals surface area contributed by atoms with Crippen molar-refractivity contribution in [2.24, 2.45) is 5.92 Å². The molecule has 0 bridgehead atoms. The smallest absolute Gasteiger partial charge is 0.0431 e. The molecule has 1 aliphatic rings. The van der Waals surface area contributed by atoms with Crippen molar-refractivity contribution in [1.29, 1.82) is 0 Å². The Bertz CT molecular complexity index is 285. The number of hydrogen-bond donors (Lipinski definition) is 1. The highest BCUT2D eigenvalue weighted by molar-refractivity contribution is 5.23. The third-order valence-corrected chi connectivity index (χ3v) is 3.12. The van der Waals surface area contributed by atoms with Crippen molar-refractivity contribution < 1.29 is 5.11 Å². The van der Waals surface area contributed by atoms with E-state index in [0.717, 1.165) is 25.2 Å². The topological polar surface area (TPSA) is 20.2 Å². The zero-order valence-electron chi connectivity index (χ0n) is 9.28. The second-order valence-corrected chi connectivity index (χ2v) is 4.64. The molecule has 1 aliphatic carbocycles. The van der Waals surface area contributed by atoms with Gasteiger partial charge in [-0.2, -0.15) is 0 Å². The Morgan fingerprint density at radius 3 is 2.27 bits per heavy atom. The van der Waals surface area contributed by atoms with Gasteiger partial charge in [-0.3, -0.25) is 0 Å². The van der Waals surface area contributed by atoms with E-state index in [1.807, 2.05) is 0 Å². The summed E-state index contributed by atoms with van der Waals surface area (Å²) >= 11 is 0. The molecule has 0 spiro atoms. The Hall–Kier alpha value is -0.820. The van der Waals surface area contributed by atoms with Gasteiger partial charge in [-0.05, 0) is 55.6 Å². The van der Waals surface area contributed by atoms with Gasteiger partial charge in [0.1, 0.15) is 0 Å². The van der Waals surface area contributed by atoms with Gasteiger partial charge in [-0.25, -0.2) is 0 Å². The average Bonchev–Trinajstić information content (AvgIpc) is 3.05. The SMILES string of the molecule is OCCCCc1ccc(CC2CC2)cc1. The number of benzene rings is 1. The predicted molar refractivity (Wildman–Crippen MR) is 62.9 cm³/mol. The normalized spacial score (nSPS) is 15.5. The van der Waals surface area contributed by atoms with Crippen LogP contribution in [0.25, 0.3) is 0 Å². The second-order valence-electron chi connectivity index (χ2n) is 4.64. The quantitative estimate of drug-likeness (QED) is 0.706. The van der Waals surface area contributed by atoms with Crippen LogP contribution in [0, 0.1) is 5.92 Å². The molecule has 1 aromatic carbocycles. The Morgan fingerprint density at radius 1 is 1.00 bits per heavy atom. The molecule has 0 atom stereocenters. The third-order valence-electron chi connectivity index (χ3n) is 3.12. The molecule has 1 N–H and O–H groups in total. The number of aryl methyl sites for hydroxylation is 1. The van der Waals surface area contributed by atoms with Gasteiger partial charge in [0.05, 0.1) is 0 Å². The average molecular weight is 204 g/mol. The van der Waals surface area contributed by atoms with Crippen molar-refractivity contribution in [2.45, 2.75) is 38.5 Å². The molecule has 0 aliphatic heterocycles. The van der Waals surface area contributed by atoms with Crippen molar-refractivity contribution in [2.75, 3.05) is 6.61 Å². The summed E-state index contributed by atoms with van der Waals surface area (Å²) in [4.78, 5) is 0. The van der Waals surface area contributed by atoms with Crippen LogP contribution < -0.4 is 0 Å². The Labute approximate surface area is 92.1 Å². The van der Waals surface area contributed by atoms with E-state index in [-0.39, 0.29) is 0 Å². The third kappa shape index (κ3) is 3.67. The minimum atomic E-state index is 0.319. The van der Waals surface area contributed by atoms with E-state index in [1.165, 1.54) is 30.4 Å². The van der Waals surface area contributed by atoms with Crippen molar-refractivity contribution >= 4 is 0 Å². The predicted octanol–water partition coefficient (Wildman–Crippen LogP) is 2.95. The highest BCUT2D eigenvalue weighted by Crippen LogP contribution is 2.32. The van der Waals surface area contributed by atoms with Crippen LogP contribution in [-0.2, 0) is 12.8 Å². The minimum Gasteiger partial charge on any atom is -0.396 e. The molecule has 1 aromatic rings. The maximum atomic E-state index is 8.69. The molecule has 2 rings (SSSR count). The lowest BCUT2D eigenvalue weighted by molar-refractivity contribution is 0.284. The van der Waals surface area contributed by atoms with E-state index in [0.29, 0.717) is 6.61 Å². The highest BCUT2D eigenvalue weighted by Gasteiger charge is 2.20. The van der Waals surface area contributed by atoms with E-state index >= 15 is 0 Å². The Balaban J connectivity index is 1.80. The van der Waals surface area contributed by atoms with Crippen molar-refractivity contribution in [3.05, 3.63) is 35.4 Å². The second kappa shape index (κ2) is 5.32. The van der Waals surface area contributed by atoms with Crippen LogP contribution in [0.4, 0.5) is 0 Å². The van der Waals surface area contributed by atoms with Crippen molar-refractivity contribution in [1.82, 2.24) is 0 Å². The lowest BCUT2D eigenvalue weighted by Gasteiger charge is -2.03. The van der Waals surface area contributed by atoms with E-state index in [4.69, 9.17) is 5.11 Å². The van der Waals surface area contributed by atoms with Gasteiger partial charge in [0, 0.05) is 6.61 Å². The zero-order chi connectivity index (χ0) is 10.5.